The zero-order chi connectivity index (χ0) is 9.78. The van der Waals surface area contributed by atoms with Crippen LogP contribution in [-0.2, 0) is 0 Å². The highest BCUT2D eigenvalue weighted by Gasteiger charge is 1.85. The maximum atomic E-state index is 8.54. The van der Waals surface area contributed by atoms with Crippen molar-refractivity contribution in [2.24, 2.45) is 0 Å². The highest BCUT2D eigenvalue weighted by molar-refractivity contribution is 5.01. The Morgan fingerprint density at radius 3 is 2.31 bits per heavy atom. The van der Waals surface area contributed by atoms with E-state index in [4.69, 9.17) is 5.11 Å². The lowest BCUT2D eigenvalue weighted by Gasteiger charge is -1.94. The minimum absolute atomic E-state index is 0.342. The van der Waals surface area contributed by atoms with Crippen molar-refractivity contribution < 1.29 is 5.11 Å². The molecule has 76 valence electrons. The van der Waals surface area contributed by atoms with Gasteiger partial charge in [-0.2, -0.15) is 0 Å². The fourth-order valence-electron chi connectivity index (χ4n) is 1.12. The number of aliphatic hydroxyl groups is 1. The van der Waals surface area contributed by atoms with Crippen LogP contribution in [0.5, 0.6) is 0 Å². The number of aliphatic hydroxyl groups excluding tert-OH is 1. The monoisotopic (exact) mass is 182 g/mol. The normalized spacial score (nSPS) is 11.8. The largest absolute Gasteiger partial charge is 0.396 e. The SMILES string of the molecule is CCC=C/C=C\CCCCCCO. The van der Waals surface area contributed by atoms with Crippen molar-refractivity contribution in [3.8, 4) is 0 Å². The Morgan fingerprint density at radius 1 is 0.923 bits per heavy atom. The number of allylic oxidation sites excluding steroid dienone is 4. The molecular weight excluding hydrogens is 160 g/mol. The Labute approximate surface area is 82.2 Å². The second-order valence-corrected chi connectivity index (χ2v) is 3.19. The summed E-state index contributed by atoms with van der Waals surface area (Å²) in [5.41, 5.74) is 0. The van der Waals surface area contributed by atoms with Crippen molar-refractivity contribution in [3.63, 3.8) is 0 Å². The quantitative estimate of drug-likeness (QED) is 0.450. The van der Waals surface area contributed by atoms with Gasteiger partial charge in [0.1, 0.15) is 0 Å². The summed E-state index contributed by atoms with van der Waals surface area (Å²) in [7, 11) is 0. The van der Waals surface area contributed by atoms with Gasteiger partial charge in [0.15, 0.2) is 0 Å². The van der Waals surface area contributed by atoms with E-state index in [9.17, 15) is 0 Å². The first-order valence-corrected chi connectivity index (χ1v) is 5.34. The van der Waals surface area contributed by atoms with Gasteiger partial charge in [0.25, 0.3) is 0 Å². The molecule has 0 amide bonds. The highest BCUT2D eigenvalue weighted by atomic mass is 16.2. The molecule has 0 heterocycles. The van der Waals surface area contributed by atoms with Crippen LogP contribution in [0.15, 0.2) is 24.3 Å². The van der Waals surface area contributed by atoms with Crippen LogP contribution in [0.2, 0.25) is 0 Å². The van der Waals surface area contributed by atoms with Crippen molar-refractivity contribution in [2.45, 2.75) is 45.4 Å². The fraction of sp³-hybridized carbons (Fsp3) is 0.667. The van der Waals surface area contributed by atoms with E-state index < -0.39 is 0 Å². The Kier molecular flexibility index (Phi) is 10.9. The van der Waals surface area contributed by atoms with Gasteiger partial charge in [0, 0.05) is 6.61 Å². The second-order valence-electron chi connectivity index (χ2n) is 3.19. The van der Waals surface area contributed by atoms with Crippen LogP contribution in [0.4, 0.5) is 0 Å². The maximum Gasteiger partial charge on any atom is 0.0431 e. The first-order valence-electron chi connectivity index (χ1n) is 5.34. The predicted octanol–water partition coefficient (Wildman–Crippen LogP) is 3.45. The molecule has 1 nitrogen and oxygen atoms in total. The molecule has 0 saturated carbocycles. The van der Waals surface area contributed by atoms with Crippen LogP contribution in [-0.4, -0.2) is 11.7 Å². The van der Waals surface area contributed by atoms with Crippen molar-refractivity contribution in [3.05, 3.63) is 24.3 Å². The van der Waals surface area contributed by atoms with Crippen molar-refractivity contribution in [2.75, 3.05) is 6.61 Å². The average molecular weight is 182 g/mol. The van der Waals surface area contributed by atoms with Gasteiger partial charge in [0.05, 0.1) is 0 Å². The van der Waals surface area contributed by atoms with E-state index in [-0.39, 0.29) is 0 Å². The lowest BCUT2D eigenvalue weighted by molar-refractivity contribution is 0.282. The van der Waals surface area contributed by atoms with Crippen LogP contribution in [0.25, 0.3) is 0 Å². The molecule has 13 heavy (non-hydrogen) atoms. The summed E-state index contributed by atoms with van der Waals surface area (Å²) in [6.45, 7) is 2.48. The molecule has 0 unspecified atom stereocenters. The van der Waals surface area contributed by atoms with Gasteiger partial charge in [-0.3, -0.25) is 0 Å². The Hall–Kier alpha value is -0.560. The summed E-state index contributed by atoms with van der Waals surface area (Å²) in [5, 5.41) is 8.54. The molecule has 0 atom stereocenters. The van der Waals surface area contributed by atoms with Gasteiger partial charge in [-0.05, 0) is 25.7 Å². The molecule has 0 spiro atoms. The third kappa shape index (κ3) is 11.4. The van der Waals surface area contributed by atoms with E-state index in [0.717, 1.165) is 19.3 Å². The molecule has 1 heteroatoms. The first kappa shape index (κ1) is 12.4. The number of hydrogen-bond acceptors (Lipinski definition) is 1. The molecule has 0 aliphatic heterocycles. The lowest BCUT2D eigenvalue weighted by Crippen LogP contribution is -1.82. The number of unbranched alkanes of at least 4 members (excludes halogenated alkanes) is 4. The van der Waals surface area contributed by atoms with E-state index in [1.807, 2.05) is 0 Å². The zero-order valence-electron chi connectivity index (χ0n) is 8.71. The van der Waals surface area contributed by atoms with Crippen LogP contribution >= 0.6 is 0 Å². The van der Waals surface area contributed by atoms with E-state index in [2.05, 4.69) is 31.2 Å². The van der Waals surface area contributed by atoms with Crippen molar-refractivity contribution in [1.29, 1.82) is 0 Å². The fourth-order valence-corrected chi connectivity index (χ4v) is 1.12. The molecule has 0 aliphatic carbocycles. The highest BCUT2D eigenvalue weighted by Crippen LogP contribution is 2.02. The summed E-state index contributed by atoms with van der Waals surface area (Å²) in [5.74, 6) is 0. The average Bonchev–Trinajstić information content (AvgIpc) is 2.16. The number of hydrogen-bond donors (Lipinski definition) is 1. The van der Waals surface area contributed by atoms with E-state index in [0.29, 0.717) is 6.61 Å². The molecule has 0 rings (SSSR count). The minimum atomic E-state index is 0.342. The third-order valence-corrected chi connectivity index (χ3v) is 1.90. The third-order valence-electron chi connectivity index (χ3n) is 1.90. The van der Waals surface area contributed by atoms with Crippen LogP contribution in [0.3, 0.4) is 0 Å². The second kappa shape index (κ2) is 11.4. The Morgan fingerprint density at radius 2 is 1.62 bits per heavy atom. The molecule has 0 saturated heterocycles. The minimum Gasteiger partial charge on any atom is -0.396 e. The standard InChI is InChI=1S/C12H22O/c1-2-3-4-5-6-7-8-9-10-11-12-13/h3-6,13H,2,7-12H2,1H3/b4-3?,6-5-. The molecule has 0 fully saturated rings. The van der Waals surface area contributed by atoms with Gasteiger partial charge in [-0.15, -0.1) is 0 Å². The van der Waals surface area contributed by atoms with Crippen LogP contribution < -0.4 is 0 Å². The van der Waals surface area contributed by atoms with Crippen molar-refractivity contribution >= 4 is 0 Å². The summed E-state index contributed by atoms with van der Waals surface area (Å²) >= 11 is 0. The Bertz CT molecular complexity index is 136. The van der Waals surface area contributed by atoms with E-state index in [1.165, 1.54) is 19.3 Å². The van der Waals surface area contributed by atoms with Gasteiger partial charge in [-0.25, -0.2) is 0 Å². The molecule has 1 N–H and O–H groups in total. The summed E-state index contributed by atoms with van der Waals surface area (Å²) in [4.78, 5) is 0. The first-order chi connectivity index (χ1) is 6.41. The molecule has 0 aromatic carbocycles. The zero-order valence-corrected chi connectivity index (χ0v) is 8.71. The number of rotatable bonds is 8. The molecule has 0 aromatic rings. The van der Waals surface area contributed by atoms with Gasteiger partial charge >= 0.3 is 0 Å². The molecular formula is C12H22O. The summed E-state index contributed by atoms with van der Waals surface area (Å²) in [6.07, 6.45) is 15.5. The van der Waals surface area contributed by atoms with Gasteiger partial charge in [0.2, 0.25) is 0 Å². The molecule has 0 bridgehead atoms. The van der Waals surface area contributed by atoms with E-state index in [1.54, 1.807) is 0 Å². The van der Waals surface area contributed by atoms with E-state index >= 15 is 0 Å². The summed E-state index contributed by atoms with van der Waals surface area (Å²) in [6, 6.07) is 0. The molecule has 0 aliphatic rings. The summed E-state index contributed by atoms with van der Waals surface area (Å²) < 4.78 is 0. The predicted molar refractivity (Wildman–Crippen MR) is 58.7 cm³/mol. The smallest absolute Gasteiger partial charge is 0.0431 e. The topological polar surface area (TPSA) is 20.2 Å². The maximum absolute atomic E-state index is 8.54. The Balaban J connectivity index is 3.06. The van der Waals surface area contributed by atoms with Gasteiger partial charge < -0.3 is 5.11 Å². The van der Waals surface area contributed by atoms with Crippen LogP contribution in [0, 0.1) is 0 Å². The van der Waals surface area contributed by atoms with Crippen molar-refractivity contribution in [1.82, 2.24) is 0 Å². The lowest BCUT2D eigenvalue weighted by atomic mass is 10.1. The molecule has 0 aromatic heterocycles. The van der Waals surface area contributed by atoms with Crippen LogP contribution in [0.1, 0.15) is 45.4 Å². The molecule has 0 radical (unpaired) electrons. The van der Waals surface area contributed by atoms with Gasteiger partial charge in [-0.1, -0.05) is 44.1 Å².